The number of hydrogen-bond donors (Lipinski definition) is 1. The molecular formula is C16H25N3O2. The zero-order chi connectivity index (χ0) is 14.9. The van der Waals surface area contributed by atoms with Gasteiger partial charge in [0, 0.05) is 25.7 Å². The standard InChI is InChI=1S/C16H25N3O2/c1-11-8-14(12(2)19-18-11)15(17-3)13-4-6-21-16(9-13)5-7-20-10-16/h8,13,15,17H,4-7,9-10H2,1-3H3. The SMILES string of the molecule is CNC(c1cc(C)nnc1C)C1CCOC2(CCOC2)C1. The Bertz CT molecular complexity index is 500. The number of ether oxygens (including phenoxy) is 2. The van der Waals surface area contributed by atoms with Crippen molar-refractivity contribution in [3.63, 3.8) is 0 Å². The molecule has 0 bridgehead atoms. The van der Waals surface area contributed by atoms with Gasteiger partial charge in [-0.05, 0) is 51.3 Å². The Morgan fingerprint density at radius 1 is 1.33 bits per heavy atom. The summed E-state index contributed by atoms with van der Waals surface area (Å²) in [5, 5.41) is 11.9. The van der Waals surface area contributed by atoms with Crippen LogP contribution < -0.4 is 5.32 Å². The molecule has 116 valence electrons. The van der Waals surface area contributed by atoms with Gasteiger partial charge in [-0.1, -0.05) is 0 Å². The van der Waals surface area contributed by atoms with Gasteiger partial charge in [0.05, 0.1) is 23.6 Å². The van der Waals surface area contributed by atoms with Crippen molar-refractivity contribution in [2.75, 3.05) is 26.9 Å². The Hall–Kier alpha value is -1.04. The molecule has 3 atom stereocenters. The quantitative estimate of drug-likeness (QED) is 0.922. The average Bonchev–Trinajstić information content (AvgIpc) is 2.91. The van der Waals surface area contributed by atoms with Crippen molar-refractivity contribution in [1.82, 2.24) is 15.5 Å². The fourth-order valence-electron chi connectivity index (χ4n) is 3.74. The third-order valence-corrected chi connectivity index (χ3v) is 4.86. The maximum absolute atomic E-state index is 6.06. The summed E-state index contributed by atoms with van der Waals surface area (Å²) in [5.74, 6) is 0.549. The van der Waals surface area contributed by atoms with Gasteiger partial charge in [0.1, 0.15) is 0 Å². The Labute approximate surface area is 126 Å². The van der Waals surface area contributed by atoms with Gasteiger partial charge in [-0.25, -0.2) is 0 Å². The van der Waals surface area contributed by atoms with E-state index in [-0.39, 0.29) is 5.60 Å². The molecule has 5 nitrogen and oxygen atoms in total. The van der Waals surface area contributed by atoms with Gasteiger partial charge in [-0.2, -0.15) is 10.2 Å². The molecule has 1 N–H and O–H groups in total. The van der Waals surface area contributed by atoms with E-state index >= 15 is 0 Å². The zero-order valence-electron chi connectivity index (χ0n) is 13.2. The lowest BCUT2D eigenvalue weighted by atomic mass is 9.78. The van der Waals surface area contributed by atoms with Gasteiger partial charge in [0.2, 0.25) is 0 Å². The van der Waals surface area contributed by atoms with E-state index in [1.807, 2.05) is 20.9 Å². The summed E-state index contributed by atoms with van der Waals surface area (Å²) in [4.78, 5) is 0. The Kier molecular flexibility index (Phi) is 4.24. The van der Waals surface area contributed by atoms with Crippen LogP contribution >= 0.6 is 0 Å². The van der Waals surface area contributed by atoms with Crippen molar-refractivity contribution >= 4 is 0 Å². The van der Waals surface area contributed by atoms with Crippen LogP contribution in [0.3, 0.4) is 0 Å². The molecule has 1 aromatic heterocycles. The molecule has 21 heavy (non-hydrogen) atoms. The summed E-state index contributed by atoms with van der Waals surface area (Å²) in [7, 11) is 2.03. The molecule has 2 aliphatic heterocycles. The van der Waals surface area contributed by atoms with Crippen molar-refractivity contribution in [3.05, 3.63) is 23.0 Å². The molecule has 3 rings (SSSR count). The highest BCUT2D eigenvalue weighted by Crippen LogP contribution is 2.41. The number of aryl methyl sites for hydroxylation is 2. The molecular weight excluding hydrogens is 266 g/mol. The lowest BCUT2D eigenvalue weighted by Gasteiger charge is -2.40. The number of aromatic nitrogens is 2. The predicted molar refractivity (Wildman–Crippen MR) is 80.1 cm³/mol. The highest BCUT2D eigenvalue weighted by molar-refractivity contribution is 5.24. The molecule has 1 aromatic rings. The lowest BCUT2D eigenvalue weighted by Crippen LogP contribution is -2.43. The van der Waals surface area contributed by atoms with E-state index in [4.69, 9.17) is 9.47 Å². The molecule has 3 unspecified atom stereocenters. The summed E-state index contributed by atoms with van der Waals surface area (Å²) in [6.07, 6.45) is 3.15. The molecule has 0 amide bonds. The maximum atomic E-state index is 6.06. The first-order valence-corrected chi connectivity index (χ1v) is 7.83. The second-order valence-corrected chi connectivity index (χ2v) is 6.38. The third-order valence-electron chi connectivity index (χ3n) is 4.86. The van der Waals surface area contributed by atoms with E-state index < -0.39 is 0 Å². The van der Waals surface area contributed by atoms with Crippen molar-refractivity contribution in [1.29, 1.82) is 0 Å². The molecule has 0 saturated carbocycles. The first-order chi connectivity index (χ1) is 10.1. The fourth-order valence-corrected chi connectivity index (χ4v) is 3.74. The van der Waals surface area contributed by atoms with Crippen LogP contribution in [0.25, 0.3) is 0 Å². The first-order valence-electron chi connectivity index (χ1n) is 7.83. The number of rotatable bonds is 3. The van der Waals surface area contributed by atoms with Gasteiger partial charge >= 0.3 is 0 Å². The number of nitrogens with zero attached hydrogens (tertiary/aromatic N) is 2. The van der Waals surface area contributed by atoms with Crippen LogP contribution in [-0.4, -0.2) is 42.7 Å². The monoisotopic (exact) mass is 291 g/mol. The number of nitrogens with one attached hydrogen (secondary N) is 1. The lowest BCUT2D eigenvalue weighted by molar-refractivity contribution is -0.103. The fraction of sp³-hybridized carbons (Fsp3) is 0.750. The molecule has 5 heteroatoms. The van der Waals surface area contributed by atoms with Crippen LogP contribution in [0.4, 0.5) is 0 Å². The topological polar surface area (TPSA) is 56.3 Å². The summed E-state index contributed by atoms with van der Waals surface area (Å²) in [6, 6.07) is 2.47. The van der Waals surface area contributed by atoms with Crippen LogP contribution in [0.2, 0.25) is 0 Å². The minimum absolute atomic E-state index is 0.0541. The van der Waals surface area contributed by atoms with E-state index in [2.05, 4.69) is 21.6 Å². The van der Waals surface area contributed by atoms with E-state index in [0.717, 1.165) is 50.5 Å². The smallest absolute Gasteiger partial charge is 0.0940 e. The van der Waals surface area contributed by atoms with Gasteiger partial charge in [0.15, 0.2) is 0 Å². The largest absolute Gasteiger partial charge is 0.378 e. The van der Waals surface area contributed by atoms with Gasteiger partial charge in [-0.3, -0.25) is 0 Å². The molecule has 0 radical (unpaired) electrons. The molecule has 0 aliphatic carbocycles. The van der Waals surface area contributed by atoms with Crippen molar-refractivity contribution < 1.29 is 9.47 Å². The van der Waals surface area contributed by atoms with E-state index in [0.29, 0.717) is 12.0 Å². The molecule has 2 fully saturated rings. The van der Waals surface area contributed by atoms with E-state index in [1.165, 1.54) is 5.56 Å². The average molecular weight is 291 g/mol. The van der Waals surface area contributed by atoms with E-state index in [9.17, 15) is 0 Å². The second kappa shape index (κ2) is 5.99. The highest BCUT2D eigenvalue weighted by Gasteiger charge is 2.43. The molecule has 0 aromatic carbocycles. The number of hydrogen-bond acceptors (Lipinski definition) is 5. The van der Waals surface area contributed by atoms with Crippen LogP contribution in [-0.2, 0) is 9.47 Å². The normalized spacial score (nSPS) is 30.7. The minimum atomic E-state index is -0.0541. The van der Waals surface area contributed by atoms with Crippen molar-refractivity contribution in [2.24, 2.45) is 5.92 Å². The summed E-state index contributed by atoms with van der Waals surface area (Å²) >= 11 is 0. The van der Waals surface area contributed by atoms with Gasteiger partial charge in [0.25, 0.3) is 0 Å². The molecule has 2 saturated heterocycles. The molecule has 3 heterocycles. The summed E-state index contributed by atoms with van der Waals surface area (Å²) in [5.41, 5.74) is 3.21. The minimum Gasteiger partial charge on any atom is -0.378 e. The van der Waals surface area contributed by atoms with Gasteiger partial charge < -0.3 is 14.8 Å². The Balaban J connectivity index is 1.84. The zero-order valence-corrected chi connectivity index (χ0v) is 13.2. The Morgan fingerprint density at radius 2 is 2.19 bits per heavy atom. The van der Waals surface area contributed by atoms with Crippen LogP contribution in [0.1, 0.15) is 42.3 Å². The first kappa shape index (κ1) is 14.9. The molecule has 2 aliphatic rings. The van der Waals surface area contributed by atoms with Crippen molar-refractivity contribution in [3.8, 4) is 0 Å². The van der Waals surface area contributed by atoms with Crippen LogP contribution in [0.15, 0.2) is 6.07 Å². The second-order valence-electron chi connectivity index (χ2n) is 6.38. The maximum Gasteiger partial charge on any atom is 0.0940 e. The third kappa shape index (κ3) is 2.96. The van der Waals surface area contributed by atoms with Crippen LogP contribution in [0.5, 0.6) is 0 Å². The van der Waals surface area contributed by atoms with E-state index in [1.54, 1.807) is 0 Å². The predicted octanol–water partition coefficient (Wildman–Crippen LogP) is 1.94. The summed E-state index contributed by atoms with van der Waals surface area (Å²) < 4.78 is 11.6. The molecule has 1 spiro atoms. The van der Waals surface area contributed by atoms with Crippen molar-refractivity contribution in [2.45, 2.75) is 44.8 Å². The highest BCUT2D eigenvalue weighted by atomic mass is 16.6. The Morgan fingerprint density at radius 3 is 2.90 bits per heavy atom. The summed E-state index contributed by atoms with van der Waals surface area (Å²) in [6.45, 7) is 6.43. The van der Waals surface area contributed by atoms with Gasteiger partial charge in [-0.15, -0.1) is 0 Å². The van der Waals surface area contributed by atoms with Crippen LogP contribution in [0, 0.1) is 19.8 Å².